The van der Waals surface area contributed by atoms with Crippen molar-refractivity contribution in [2.24, 2.45) is 16.3 Å². The number of amidine groups is 1. The molecule has 1 aliphatic carbocycles. The molecule has 1 fully saturated rings. The number of hydrogen-bond donors (Lipinski definition) is 2. The number of oxime groups is 1. The second kappa shape index (κ2) is 5.47. The number of nitrogens with two attached hydrogens (primary N) is 1. The quantitative estimate of drug-likeness (QED) is 0.359. The number of benzene rings is 1. The zero-order chi connectivity index (χ0) is 13.9. The highest BCUT2D eigenvalue weighted by atomic mass is 19.1. The van der Waals surface area contributed by atoms with E-state index < -0.39 is 0 Å². The van der Waals surface area contributed by atoms with E-state index in [-0.39, 0.29) is 17.1 Å². The van der Waals surface area contributed by atoms with E-state index in [0.29, 0.717) is 6.42 Å². The van der Waals surface area contributed by atoms with Crippen LogP contribution in [0.3, 0.4) is 0 Å². The van der Waals surface area contributed by atoms with Crippen molar-refractivity contribution in [2.75, 3.05) is 18.0 Å². The van der Waals surface area contributed by atoms with Gasteiger partial charge in [-0.15, -0.1) is 0 Å². The molecule has 0 atom stereocenters. The van der Waals surface area contributed by atoms with E-state index in [9.17, 15) is 4.39 Å². The van der Waals surface area contributed by atoms with Crippen LogP contribution in [0.1, 0.15) is 26.2 Å². The van der Waals surface area contributed by atoms with Gasteiger partial charge >= 0.3 is 0 Å². The van der Waals surface area contributed by atoms with Crippen LogP contribution in [0.5, 0.6) is 0 Å². The summed E-state index contributed by atoms with van der Waals surface area (Å²) in [5, 5.41) is 11.7. The molecule has 0 unspecified atom stereocenters. The van der Waals surface area contributed by atoms with Crippen LogP contribution in [-0.2, 0) is 0 Å². The molecular weight excluding hydrogens is 245 g/mol. The van der Waals surface area contributed by atoms with Crippen molar-refractivity contribution in [3.63, 3.8) is 0 Å². The van der Waals surface area contributed by atoms with Gasteiger partial charge in [-0.1, -0.05) is 11.2 Å². The normalized spacial score (nSPS) is 17.3. The first-order chi connectivity index (χ1) is 9.08. The van der Waals surface area contributed by atoms with Crippen molar-refractivity contribution in [1.82, 2.24) is 0 Å². The van der Waals surface area contributed by atoms with Gasteiger partial charge in [-0.3, -0.25) is 0 Å². The highest BCUT2D eigenvalue weighted by Crippen LogP contribution is 2.49. The van der Waals surface area contributed by atoms with Gasteiger partial charge in [0.15, 0.2) is 0 Å². The first kappa shape index (κ1) is 13.6. The molecule has 0 amide bonds. The van der Waals surface area contributed by atoms with Gasteiger partial charge in [0, 0.05) is 25.2 Å². The van der Waals surface area contributed by atoms with Crippen molar-refractivity contribution in [2.45, 2.75) is 26.2 Å². The maximum atomic E-state index is 13.3. The molecule has 2 rings (SSSR count). The molecule has 4 nitrogen and oxygen atoms in total. The van der Waals surface area contributed by atoms with Crippen molar-refractivity contribution < 1.29 is 9.60 Å². The molecule has 3 N–H and O–H groups in total. The number of anilines is 1. The highest BCUT2D eigenvalue weighted by molar-refractivity contribution is 5.80. The van der Waals surface area contributed by atoms with Gasteiger partial charge in [-0.05, 0) is 43.4 Å². The molecule has 5 heteroatoms. The Balaban J connectivity index is 2.07. The van der Waals surface area contributed by atoms with Crippen molar-refractivity contribution in [3.8, 4) is 0 Å². The molecule has 0 radical (unpaired) electrons. The highest BCUT2D eigenvalue weighted by Gasteiger charge is 2.44. The summed E-state index contributed by atoms with van der Waals surface area (Å²) in [5.74, 6) is 0.0463. The minimum absolute atomic E-state index is 0.0820. The maximum Gasteiger partial charge on any atom is 0.139 e. The minimum atomic E-state index is -0.225. The second-order valence-corrected chi connectivity index (χ2v) is 5.26. The summed E-state index contributed by atoms with van der Waals surface area (Å²) in [6.45, 7) is 3.66. The van der Waals surface area contributed by atoms with Crippen LogP contribution < -0.4 is 10.6 Å². The third-order valence-electron chi connectivity index (χ3n) is 3.72. The number of nitrogens with zero attached hydrogens (tertiary/aromatic N) is 2. The summed E-state index contributed by atoms with van der Waals surface area (Å²) in [5.41, 5.74) is 6.57. The maximum absolute atomic E-state index is 13.3. The average Bonchev–Trinajstić information content (AvgIpc) is 3.15. The fraction of sp³-hybridized carbons (Fsp3) is 0.500. The van der Waals surface area contributed by atoms with E-state index in [1.165, 1.54) is 6.07 Å². The molecule has 0 spiro atoms. The van der Waals surface area contributed by atoms with Gasteiger partial charge < -0.3 is 15.8 Å². The Labute approximate surface area is 112 Å². The summed E-state index contributed by atoms with van der Waals surface area (Å²) in [6.07, 6.45) is 2.72. The SMILES string of the molecule is CCN(CC1(CC(N)=NO)CC1)c1cccc(F)c1. The summed E-state index contributed by atoms with van der Waals surface area (Å²) in [7, 11) is 0. The first-order valence-corrected chi connectivity index (χ1v) is 6.55. The van der Waals surface area contributed by atoms with Gasteiger partial charge in [0.25, 0.3) is 0 Å². The predicted molar refractivity (Wildman–Crippen MR) is 74.0 cm³/mol. The molecule has 1 saturated carbocycles. The Morgan fingerprint density at radius 2 is 2.26 bits per heavy atom. The lowest BCUT2D eigenvalue weighted by Crippen LogP contribution is -2.32. The average molecular weight is 265 g/mol. The van der Waals surface area contributed by atoms with Crippen LogP contribution in [-0.4, -0.2) is 24.1 Å². The minimum Gasteiger partial charge on any atom is -0.409 e. The Morgan fingerprint density at radius 1 is 1.53 bits per heavy atom. The number of hydrogen-bond acceptors (Lipinski definition) is 3. The Bertz CT molecular complexity index is 472. The fourth-order valence-corrected chi connectivity index (χ4v) is 2.45. The summed E-state index contributed by atoms with van der Waals surface area (Å²) in [4.78, 5) is 2.14. The molecule has 1 aromatic carbocycles. The molecule has 0 bridgehead atoms. The van der Waals surface area contributed by atoms with Crippen LogP contribution in [0, 0.1) is 11.2 Å². The first-order valence-electron chi connectivity index (χ1n) is 6.55. The Hall–Kier alpha value is -1.78. The fourth-order valence-electron chi connectivity index (χ4n) is 2.45. The lowest BCUT2D eigenvalue weighted by molar-refractivity contribution is 0.314. The van der Waals surface area contributed by atoms with E-state index in [2.05, 4.69) is 10.1 Å². The van der Waals surface area contributed by atoms with Crippen molar-refractivity contribution in [1.29, 1.82) is 0 Å². The zero-order valence-electron chi connectivity index (χ0n) is 11.1. The molecule has 0 saturated heterocycles. The monoisotopic (exact) mass is 265 g/mol. The molecule has 0 heterocycles. The predicted octanol–water partition coefficient (Wildman–Crippen LogP) is 2.57. The third kappa shape index (κ3) is 3.36. The van der Waals surface area contributed by atoms with Crippen LogP contribution in [0.4, 0.5) is 10.1 Å². The summed E-state index contributed by atoms with van der Waals surface area (Å²) in [6, 6.07) is 6.62. The largest absolute Gasteiger partial charge is 0.409 e. The van der Waals surface area contributed by atoms with Gasteiger partial charge in [0.2, 0.25) is 0 Å². The smallest absolute Gasteiger partial charge is 0.139 e. The van der Waals surface area contributed by atoms with Crippen LogP contribution in [0.15, 0.2) is 29.4 Å². The van der Waals surface area contributed by atoms with Crippen LogP contribution in [0.25, 0.3) is 0 Å². The topological polar surface area (TPSA) is 61.8 Å². The molecule has 0 aliphatic heterocycles. The van der Waals surface area contributed by atoms with Gasteiger partial charge in [0.1, 0.15) is 11.7 Å². The summed E-state index contributed by atoms with van der Waals surface area (Å²) >= 11 is 0. The van der Waals surface area contributed by atoms with E-state index in [0.717, 1.165) is 31.6 Å². The Kier molecular flexibility index (Phi) is 3.93. The number of halogens is 1. The summed E-state index contributed by atoms with van der Waals surface area (Å²) < 4.78 is 13.3. The lowest BCUT2D eigenvalue weighted by Gasteiger charge is -2.28. The van der Waals surface area contributed by atoms with Crippen molar-refractivity contribution in [3.05, 3.63) is 30.1 Å². The molecule has 1 aliphatic rings. The lowest BCUT2D eigenvalue weighted by atomic mass is 10.0. The van der Waals surface area contributed by atoms with Gasteiger partial charge in [-0.25, -0.2) is 4.39 Å². The van der Waals surface area contributed by atoms with E-state index in [4.69, 9.17) is 10.9 Å². The number of rotatable bonds is 6. The van der Waals surface area contributed by atoms with E-state index in [1.54, 1.807) is 12.1 Å². The molecule has 104 valence electrons. The van der Waals surface area contributed by atoms with Gasteiger partial charge in [0.05, 0.1) is 0 Å². The van der Waals surface area contributed by atoms with E-state index in [1.807, 2.05) is 13.0 Å². The molecule has 1 aromatic rings. The third-order valence-corrected chi connectivity index (χ3v) is 3.72. The van der Waals surface area contributed by atoms with E-state index >= 15 is 0 Å². The second-order valence-electron chi connectivity index (χ2n) is 5.26. The molecular formula is C14H20FN3O. The van der Waals surface area contributed by atoms with Crippen LogP contribution >= 0.6 is 0 Å². The zero-order valence-corrected chi connectivity index (χ0v) is 11.1. The molecule has 0 aromatic heterocycles. The Morgan fingerprint density at radius 3 is 2.79 bits per heavy atom. The molecule has 19 heavy (non-hydrogen) atoms. The standard InChI is InChI=1S/C14H20FN3O/c1-2-18(12-5-3-4-11(15)8-12)10-14(6-7-14)9-13(16)17-19/h3-5,8,19H,2,6-7,9-10H2,1H3,(H2,16,17). The van der Waals surface area contributed by atoms with Gasteiger partial charge in [-0.2, -0.15) is 0 Å². The van der Waals surface area contributed by atoms with Crippen LogP contribution in [0.2, 0.25) is 0 Å². The van der Waals surface area contributed by atoms with Crippen molar-refractivity contribution >= 4 is 11.5 Å².